The minimum Gasteiger partial charge on any atom is -0.507 e. The number of fused-ring (bicyclic) bond motifs is 1. The first-order chi connectivity index (χ1) is 13.7. The Kier molecular flexibility index (Phi) is 3.72. The number of carbonyl (C=O) groups excluding carboxylic acids is 1. The minimum absolute atomic E-state index is 0. The topological polar surface area (TPSA) is 80.7 Å². The number of benzene rings is 2. The van der Waals surface area contributed by atoms with Crippen LogP contribution in [-0.4, -0.2) is 22.8 Å². The van der Waals surface area contributed by atoms with Gasteiger partial charge < -0.3 is 19.9 Å². The lowest BCUT2D eigenvalue weighted by Crippen LogP contribution is -2.28. The third kappa shape index (κ3) is 2.74. The zero-order valence-electron chi connectivity index (χ0n) is 15.0. The van der Waals surface area contributed by atoms with E-state index < -0.39 is 5.41 Å². The predicted octanol–water partition coefficient (Wildman–Crippen LogP) is 4.35. The van der Waals surface area contributed by atoms with E-state index in [0.717, 1.165) is 18.4 Å². The number of aromatic nitrogens is 1. The van der Waals surface area contributed by atoms with Crippen molar-refractivity contribution in [3.63, 3.8) is 0 Å². The summed E-state index contributed by atoms with van der Waals surface area (Å²) in [4.78, 5) is 17.5. The Balaban J connectivity index is 0.00000128. The molecule has 6 heteroatoms. The number of phenolic OH excluding ortho intramolecular Hbond substituents is 1. The molecule has 144 valence electrons. The SMILES string of the molecule is O=C(Nc1cccc(-c2ccccc2O)n1)C1(c2ccc3c(c2)OCO3)CC1.[HH].[HH]. The van der Waals surface area contributed by atoms with E-state index in [1.807, 2.05) is 30.3 Å². The number of amides is 1. The number of nitrogens with one attached hydrogen (secondary N) is 1. The molecule has 0 unspecified atom stereocenters. The number of ether oxygens (including phenoxy) is 2. The van der Waals surface area contributed by atoms with E-state index in [-0.39, 0.29) is 21.3 Å². The molecule has 0 radical (unpaired) electrons. The monoisotopic (exact) mass is 378 g/mol. The fourth-order valence-corrected chi connectivity index (χ4v) is 3.55. The first-order valence-electron chi connectivity index (χ1n) is 9.13. The van der Waals surface area contributed by atoms with Crippen molar-refractivity contribution < 1.29 is 22.2 Å². The Morgan fingerprint density at radius 2 is 1.86 bits per heavy atom. The summed E-state index contributed by atoms with van der Waals surface area (Å²) < 4.78 is 10.8. The number of hydrogen-bond acceptors (Lipinski definition) is 5. The Morgan fingerprint density at radius 1 is 1.04 bits per heavy atom. The van der Waals surface area contributed by atoms with Gasteiger partial charge in [0.1, 0.15) is 11.6 Å². The highest BCUT2D eigenvalue weighted by Gasteiger charge is 2.51. The van der Waals surface area contributed by atoms with Crippen LogP contribution in [0.25, 0.3) is 11.3 Å². The van der Waals surface area contributed by atoms with Crippen LogP contribution in [0.3, 0.4) is 0 Å². The van der Waals surface area contributed by atoms with E-state index in [4.69, 9.17) is 9.47 Å². The lowest BCUT2D eigenvalue weighted by atomic mass is 9.94. The number of para-hydroxylation sites is 1. The van der Waals surface area contributed by atoms with E-state index in [0.29, 0.717) is 28.6 Å². The van der Waals surface area contributed by atoms with Crippen LogP contribution in [0.2, 0.25) is 0 Å². The van der Waals surface area contributed by atoms with E-state index in [2.05, 4.69) is 10.3 Å². The number of rotatable bonds is 4. The number of carbonyl (C=O) groups is 1. The van der Waals surface area contributed by atoms with Gasteiger partial charge in [0.15, 0.2) is 11.5 Å². The molecule has 2 N–H and O–H groups in total. The van der Waals surface area contributed by atoms with Crippen LogP contribution in [0.15, 0.2) is 60.7 Å². The first kappa shape index (κ1) is 16.6. The van der Waals surface area contributed by atoms with Crippen molar-refractivity contribution in [1.82, 2.24) is 4.98 Å². The second kappa shape index (κ2) is 6.27. The van der Waals surface area contributed by atoms with Crippen molar-refractivity contribution in [2.24, 2.45) is 0 Å². The van der Waals surface area contributed by atoms with Gasteiger partial charge >= 0.3 is 0 Å². The van der Waals surface area contributed by atoms with Gasteiger partial charge in [0.05, 0.1) is 11.1 Å². The van der Waals surface area contributed by atoms with Gasteiger partial charge in [-0.3, -0.25) is 4.79 Å². The Bertz CT molecular complexity index is 1090. The Morgan fingerprint density at radius 3 is 2.68 bits per heavy atom. The number of nitrogens with zero attached hydrogens (tertiary/aromatic N) is 1. The zero-order valence-corrected chi connectivity index (χ0v) is 15.0. The quantitative estimate of drug-likeness (QED) is 0.706. The van der Waals surface area contributed by atoms with E-state index in [1.54, 1.807) is 30.3 Å². The average molecular weight is 378 g/mol. The summed E-state index contributed by atoms with van der Waals surface area (Å²) in [5.74, 6) is 1.90. The number of anilines is 1. The summed E-state index contributed by atoms with van der Waals surface area (Å²) >= 11 is 0. The average Bonchev–Trinajstić information content (AvgIpc) is 3.40. The Labute approximate surface area is 164 Å². The van der Waals surface area contributed by atoms with Crippen LogP contribution < -0.4 is 14.8 Å². The van der Waals surface area contributed by atoms with Crippen LogP contribution in [-0.2, 0) is 10.2 Å². The molecular formula is C22H22N2O4. The van der Waals surface area contributed by atoms with Crippen LogP contribution in [0, 0.1) is 0 Å². The van der Waals surface area contributed by atoms with Crippen LogP contribution in [0.5, 0.6) is 17.2 Å². The van der Waals surface area contributed by atoms with Gasteiger partial charge in [-0.15, -0.1) is 0 Å². The molecule has 1 amide bonds. The fourth-order valence-electron chi connectivity index (χ4n) is 3.55. The van der Waals surface area contributed by atoms with Gasteiger partial charge in [-0.2, -0.15) is 0 Å². The van der Waals surface area contributed by atoms with Crippen molar-refractivity contribution in [3.8, 4) is 28.5 Å². The maximum absolute atomic E-state index is 13.0. The number of phenols is 1. The highest BCUT2D eigenvalue weighted by Crippen LogP contribution is 2.51. The molecule has 1 aromatic heterocycles. The molecule has 0 bridgehead atoms. The van der Waals surface area contributed by atoms with Gasteiger partial charge in [0.25, 0.3) is 0 Å². The van der Waals surface area contributed by atoms with Crippen molar-refractivity contribution in [3.05, 3.63) is 66.2 Å². The Hall–Kier alpha value is -3.54. The van der Waals surface area contributed by atoms with Gasteiger partial charge in [-0.25, -0.2) is 4.98 Å². The molecule has 2 aromatic carbocycles. The van der Waals surface area contributed by atoms with Crippen molar-refractivity contribution >= 4 is 11.7 Å². The summed E-state index contributed by atoms with van der Waals surface area (Å²) in [7, 11) is 0. The zero-order chi connectivity index (χ0) is 19.1. The van der Waals surface area contributed by atoms with Crippen LogP contribution in [0.1, 0.15) is 21.3 Å². The van der Waals surface area contributed by atoms with E-state index >= 15 is 0 Å². The standard InChI is InChI=1S/C22H18N2O4.2H2/c25-17-6-2-1-4-15(17)16-5-3-7-20(23-16)24-21(26)22(10-11-22)14-8-9-18-19(12-14)28-13-27-18;;/h1-9,12,25H,10-11,13H2,(H,23,24,26);2*1H. The van der Waals surface area contributed by atoms with Gasteiger partial charge in [-0.1, -0.05) is 24.3 Å². The molecule has 0 saturated heterocycles. The lowest BCUT2D eigenvalue weighted by Gasteiger charge is -2.16. The lowest BCUT2D eigenvalue weighted by molar-refractivity contribution is -0.118. The molecule has 5 rings (SSSR count). The van der Waals surface area contributed by atoms with Gasteiger partial charge in [0, 0.05) is 8.42 Å². The highest BCUT2D eigenvalue weighted by molar-refractivity contribution is 6.01. The smallest absolute Gasteiger partial charge is 0.236 e. The maximum atomic E-state index is 13.0. The molecule has 1 saturated carbocycles. The van der Waals surface area contributed by atoms with Gasteiger partial charge in [-0.05, 0) is 54.8 Å². The van der Waals surface area contributed by atoms with Crippen LogP contribution >= 0.6 is 0 Å². The summed E-state index contributed by atoms with van der Waals surface area (Å²) in [6.07, 6.45) is 1.55. The van der Waals surface area contributed by atoms with Crippen molar-refractivity contribution in [1.29, 1.82) is 0 Å². The largest absolute Gasteiger partial charge is 0.507 e. The normalized spacial score (nSPS) is 15.9. The molecule has 3 aromatic rings. The number of pyridine rings is 1. The third-order valence-electron chi connectivity index (χ3n) is 5.28. The van der Waals surface area contributed by atoms with Crippen LogP contribution in [0.4, 0.5) is 5.82 Å². The second-order valence-corrected chi connectivity index (χ2v) is 7.03. The molecule has 1 fully saturated rings. The van der Waals surface area contributed by atoms with Gasteiger partial charge in [0.2, 0.25) is 12.7 Å². The fraction of sp³-hybridized carbons (Fsp3) is 0.182. The first-order valence-corrected chi connectivity index (χ1v) is 9.13. The molecule has 6 nitrogen and oxygen atoms in total. The van der Waals surface area contributed by atoms with E-state index in [9.17, 15) is 9.90 Å². The minimum atomic E-state index is -0.562. The molecule has 28 heavy (non-hydrogen) atoms. The number of aromatic hydroxyl groups is 1. The van der Waals surface area contributed by atoms with Crippen molar-refractivity contribution in [2.75, 3.05) is 12.1 Å². The molecule has 2 heterocycles. The summed E-state index contributed by atoms with van der Waals surface area (Å²) in [5, 5.41) is 13.0. The maximum Gasteiger partial charge on any atom is 0.236 e. The molecule has 1 aliphatic heterocycles. The molecule has 0 spiro atoms. The molecule has 0 atom stereocenters. The summed E-state index contributed by atoms with van der Waals surface area (Å²) in [6.45, 7) is 0.209. The van der Waals surface area contributed by atoms with Crippen molar-refractivity contribution in [2.45, 2.75) is 18.3 Å². The highest BCUT2D eigenvalue weighted by atomic mass is 16.7. The summed E-state index contributed by atoms with van der Waals surface area (Å²) in [5.41, 5.74) is 1.58. The predicted molar refractivity (Wildman–Crippen MR) is 108 cm³/mol. The summed E-state index contributed by atoms with van der Waals surface area (Å²) in [6, 6.07) is 18.0. The molecular weight excluding hydrogens is 356 g/mol. The molecule has 2 aliphatic rings. The number of hydrogen-bond donors (Lipinski definition) is 2. The van der Waals surface area contributed by atoms with E-state index in [1.165, 1.54) is 0 Å². The third-order valence-corrected chi connectivity index (χ3v) is 5.28. The second-order valence-electron chi connectivity index (χ2n) is 7.03. The molecule has 1 aliphatic carbocycles.